The van der Waals surface area contributed by atoms with Crippen LogP contribution in [0.4, 0.5) is 0 Å². The fourth-order valence-electron chi connectivity index (χ4n) is 3.58. The molecule has 0 unspecified atom stereocenters. The zero-order valence-electron chi connectivity index (χ0n) is 16.9. The summed E-state index contributed by atoms with van der Waals surface area (Å²) in [6.07, 6.45) is 6.72. The average molecular weight is 413 g/mol. The Kier molecular flexibility index (Phi) is 4.51. The van der Waals surface area contributed by atoms with Gasteiger partial charge in [0.1, 0.15) is 11.2 Å². The highest BCUT2D eigenvalue weighted by Gasteiger charge is 2.26. The summed E-state index contributed by atoms with van der Waals surface area (Å²) in [6.45, 7) is 1.81. The molecule has 1 amide bonds. The Bertz CT molecular complexity index is 1390. The van der Waals surface area contributed by atoms with Gasteiger partial charge in [0, 0.05) is 41.8 Å². The lowest BCUT2D eigenvalue weighted by molar-refractivity contribution is -0.908. The highest BCUT2D eigenvalue weighted by molar-refractivity contribution is 5.97. The van der Waals surface area contributed by atoms with E-state index in [0.29, 0.717) is 11.0 Å². The maximum absolute atomic E-state index is 13.0. The average Bonchev–Trinajstić information content (AvgIpc) is 3.60. The van der Waals surface area contributed by atoms with E-state index in [2.05, 4.69) is 10.3 Å². The summed E-state index contributed by atoms with van der Waals surface area (Å²) in [4.78, 5) is 30.1. The van der Waals surface area contributed by atoms with Crippen LogP contribution in [0, 0.1) is 6.92 Å². The van der Waals surface area contributed by atoms with E-state index in [1.54, 1.807) is 35.3 Å². The number of nitrogens with one attached hydrogen (secondary N) is 1. The second kappa shape index (κ2) is 7.36. The van der Waals surface area contributed by atoms with E-state index < -0.39 is 0 Å². The monoisotopic (exact) mass is 413 g/mol. The van der Waals surface area contributed by atoms with Gasteiger partial charge in [0.2, 0.25) is 17.3 Å². The lowest BCUT2D eigenvalue weighted by Crippen LogP contribution is -2.33. The van der Waals surface area contributed by atoms with Crippen LogP contribution in [-0.2, 0) is 0 Å². The summed E-state index contributed by atoms with van der Waals surface area (Å²) in [5.41, 5.74) is 3.45. The van der Waals surface area contributed by atoms with Crippen molar-refractivity contribution in [1.29, 1.82) is 0 Å². The lowest BCUT2D eigenvalue weighted by Gasteiger charge is -2.14. The summed E-state index contributed by atoms with van der Waals surface area (Å²) in [5, 5.41) is 13.3. The van der Waals surface area contributed by atoms with Crippen LogP contribution in [0.15, 0.2) is 71.9 Å². The first-order chi connectivity index (χ1) is 15.0. The molecule has 2 N–H and O–H groups in total. The number of aromatic nitrogens is 3. The number of hydrogen-bond acceptors (Lipinski definition) is 4. The molecule has 0 radical (unpaired) electrons. The standard InChI is InChI=1S/C24H20N4O3/c1-15-7-8-17(13-28(15)31)16-4-2-5-19(12-16)27-14-21(24(30)26-18-9-10-18)22(29)20-6-3-11-25-23(20)27/h2-8,11-14,18H,9-10H2,1H3,(H-,26,30,31)/p+1. The van der Waals surface area contributed by atoms with Crippen molar-refractivity contribution in [1.82, 2.24) is 14.9 Å². The fourth-order valence-corrected chi connectivity index (χ4v) is 3.58. The van der Waals surface area contributed by atoms with Crippen molar-refractivity contribution in [3.05, 3.63) is 88.6 Å². The molecular formula is C24H21N4O3+. The summed E-state index contributed by atoms with van der Waals surface area (Å²) in [5.74, 6) is -0.358. The van der Waals surface area contributed by atoms with E-state index in [1.165, 1.54) is 0 Å². The predicted molar refractivity (Wildman–Crippen MR) is 115 cm³/mol. The fraction of sp³-hybridized carbons (Fsp3) is 0.167. The molecule has 1 aromatic carbocycles. The topological polar surface area (TPSA) is 88.1 Å². The first-order valence-corrected chi connectivity index (χ1v) is 10.1. The van der Waals surface area contributed by atoms with Crippen molar-refractivity contribution in [2.24, 2.45) is 0 Å². The normalized spacial score (nSPS) is 13.3. The molecule has 1 saturated carbocycles. The van der Waals surface area contributed by atoms with Crippen LogP contribution in [0.25, 0.3) is 27.8 Å². The zero-order valence-corrected chi connectivity index (χ0v) is 16.9. The van der Waals surface area contributed by atoms with Crippen LogP contribution in [0.1, 0.15) is 28.9 Å². The SMILES string of the molecule is Cc1ccc(-c2cccc(-n3cc(C(=O)NC4CC4)c(=O)c4cccnc43)c2)c[n+]1O. The molecule has 7 heteroatoms. The summed E-state index contributed by atoms with van der Waals surface area (Å²) < 4.78 is 2.85. The highest BCUT2D eigenvalue weighted by Crippen LogP contribution is 2.24. The molecule has 0 atom stereocenters. The van der Waals surface area contributed by atoms with Crippen molar-refractivity contribution in [2.75, 3.05) is 0 Å². The molecule has 7 nitrogen and oxygen atoms in total. The van der Waals surface area contributed by atoms with Gasteiger partial charge in [-0.25, -0.2) is 4.98 Å². The van der Waals surface area contributed by atoms with Crippen molar-refractivity contribution in [3.63, 3.8) is 0 Å². The van der Waals surface area contributed by atoms with Crippen molar-refractivity contribution in [3.8, 4) is 16.8 Å². The van der Waals surface area contributed by atoms with E-state index in [1.807, 2.05) is 43.3 Å². The third-order valence-electron chi connectivity index (χ3n) is 5.50. The minimum Gasteiger partial charge on any atom is -0.349 e. The number of carbonyl (C=O) groups is 1. The lowest BCUT2D eigenvalue weighted by atomic mass is 10.1. The number of nitrogens with zero attached hydrogens (tertiary/aromatic N) is 3. The minimum atomic E-state index is -0.358. The van der Waals surface area contributed by atoms with Crippen LogP contribution in [0.2, 0.25) is 0 Å². The number of fused-ring (bicyclic) bond motifs is 1. The Hall–Kier alpha value is -4.00. The number of pyridine rings is 3. The maximum Gasteiger partial charge on any atom is 0.257 e. The molecule has 3 aromatic heterocycles. The van der Waals surface area contributed by atoms with Crippen LogP contribution in [-0.4, -0.2) is 26.7 Å². The quantitative estimate of drug-likeness (QED) is 0.398. The summed E-state index contributed by atoms with van der Waals surface area (Å²) in [6, 6.07) is 15.0. The Morgan fingerprint density at radius 3 is 2.77 bits per heavy atom. The van der Waals surface area contributed by atoms with Crippen LogP contribution < -0.4 is 15.5 Å². The van der Waals surface area contributed by atoms with Gasteiger partial charge in [-0.1, -0.05) is 12.1 Å². The maximum atomic E-state index is 13.0. The zero-order chi connectivity index (χ0) is 21.5. The predicted octanol–water partition coefficient (Wildman–Crippen LogP) is 2.78. The Morgan fingerprint density at radius 2 is 2.00 bits per heavy atom. The summed E-state index contributed by atoms with van der Waals surface area (Å²) in [7, 11) is 0. The first kappa shape index (κ1) is 19.0. The van der Waals surface area contributed by atoms with Gasteiger partial charge in [-0.3, -0.25) is 14.8 Å². The number of rotatable bonds is 4. The van der Waals surface area contributed by atoms with Crippen molar-refractivity contribution >= 4 is 16.9 Å². The largest absolute Gasteiger partial charge is 0.349 e. The molecule has 0 bridgehead atoms. The van der Waals surface area contributed by atoms with Gasteiger partial charge in [0.15, 0.2) is 0 Å². The van der Waals surface area contributed by atoms with E-state index >= 15 is 0 Å². The van der Waals surface area contributed by atoms with Gasteiger partial charge in [-0.2, -0.15) is 0 Å². The van der Waals surface area contributed by atoms with Crippen LogP contribution in [0.3, 0.4) is 0 Å². The third-order valence-corrected chi connectivity index (χ3v) is 5.50. The second-order valence-electron chi connectivity index (χ2n) is 7.82. The van der Waals surface area contributed by atoms with Gasteiger partial charge in [-0.05, 0) is 48.7 Å². The second-order valence-corrected chi connectivity index (χ2v) is 7.82. The van der Waals surface area contributed by atoms with Crippen molar-refractivity contribution < 1.29 is 14.7 Å². The van der Waals surface area contributed by atoms with E-state index in [-0.39, 0.29) is 22.9 Å². The van der Waals surface area contributed by atoms with Gasteiger partial charge >= 0.3 is 0 Å². The Morgan fingerprint density at radius 1 is 1.16 bits per heavy atom. The molecule has 0 aliphatic heterocycles. The molecule has 0 spiro atoms. The van der Waals surface area contributed by atoms with Crippen LogP contribution in [0.5, 0.6) is 0 Å². The van der Waals surface area contributed by atoms with Gasteiger partial charge in [-0.15, -0.1) is 0 Å². The molecular weight excluding hydrogens is 392 g/mol. The number of aryl methyl sites for hydroxylation is 1. The molecule has 0 saturated heterocycles. The number of benzene rings is 1. The van der Waals surface area contributed by atoms with Gasteiger partial charge in [0.05, 0.1) is 10.9 Å². The molecule has 1 aliphatic rings. The Labute approximate surface area is 178 Å². The molecule has 3 heterocycles. The minimum absolute atomic E-state index is 0.0985. The number of hydrogen-bond donors (Lipinski definition) is 2. The highest BCUT2D eigenvalue weighted by atomic mass is 16.5. The molecule has 4 aromatic rings. The number of carbonyl (C=O) groups excluding carboxylic acids is 1. The first-order valence-electron chi connectivity index (χ1n) is 10.1. The van der Waals surface area contributed by atoms with Gasteiger partial charge < -0.3 is 9.88 Å². The third kappa shape index (κ3) is 3.54. The number of amides is 1. The molecule has 1 aliphatic carbocycles. The van der Waals surface area contributed by atoms with Crippen molar-refractivity contribution in [2.45, 2.75) is 25.8 Å². The molecule has 5 rings (SSSR count). The van der Waals surface area contributed by atoms with E-state index in [4.69, 9.17) is 0 Å². The molecule has 154 valence electrons. The van der Waals surface area contributed by atoms with Crippen LogP contribution >= 0.6 is 0 Å². The Balaban J connectivity index is 1.67. The van der Waals surface area contributed by atoms with E-state index in [9.17, 15) is 14.8 Å². The van der Waals surface area contributed by atoms with Gasteiger partial charge in [0.25, 0.3) is 5.91 Å². The molecule has 1 fully saturated rings. The molecule has 31 heavy (non-hydrogen) atoms. The van der Waals surface area contributed by atoms with E-state index in [0.717, 1.165) is 40.1 Å². The smallest absolute Gasteiger partial charge is 0.257 e. The summed E-state index contributed by atoms with van der Waals surface area (Å²) >= 11 is 0.